The van der Waals surface area contributed by atoms with E-state index in [0.29, 0.717) is 11.5 Å². The molecule has 0 spiro atoms. The average molecular weight is 216 g/mol. The van der Waals surface area contributed by atoms with Crippen LogP contribution in [0, 0.1) is 0 Å². The number of carbonyl (C=O) groups is 1. The third-order valence-corrected chi connectivity index (χ3v) is 2.43. The maximum atomic E-state index is 11.5. The number of ketones is 1. The lowest BCUT2D eigenvalue weighted by atomic mass is 10.1. The van der Waals surface area contributed by atoms with Gasteiger partial charge < -0.3 is 13.6 Å². The minimum atomic E-state index is -0.685. The molecule has 2 aromatic heterocycles. The molecule has 1 atom stereocenters. The van der Waals surface area contributed by atoms with Gasteiger partial charge in [-0.3, -0.25) is 4.79 Å². The van der Waals surface area contributed by atoms with Gasteiger partial charge in [0.25, 0.3) is 0 Å². The number of ether oxygens (including phenoxy) is 1. The highest BCUT2D eigenvalue weighted by Crippen LogP contribution is 2.34. The molecule has 4 heteroatoms. The van der Waals surface area contributed by atoms with Crippen molar-refractivity contribution in [1.82, 2.24) is 0 Å². The van der Waals surface area contributed by atoms with Crippen molar-refractivity contribution >= 4 is 5.78 Å². The molecule has 0 N–H and O–H groups in total. The van der Waals surface area contributed by atoms with E-state index in [2.05, 4.69) is 0 Å². The van der Waals surface area contributed by atoms with Gasteiger partial charge in [-0.1, -0.05) is 0 Å². The minimum absolute atomic E-state index is 0.122. The number of hydrogen-bond donors (Lipinski definition) is 0. The maximum Gasteiger partial charge on any atom is 0.217 e. The van der Waals surface area contributed by atoms with E-state index in [1.807, 2.05) is 0 Å². The summed E-state index contributed by atoms with van der Waals surface area (Å²) in [5.74, 6) is 1.01. The van der Waals surface area contributed by atoms with E-state index in [-0.39, 0.29) is 5.78 Å². The Morgan fingerprint density at radius 1 is 1.12 bits per heavy atom. The van der Waals surface area contributed by atoms with Gasteiger partial charge in [0, 0.05) is 6.08 Å². The van der Waals surface area contributed by atoms with Crippen molar-refractivity contribution in [2.24, 2.45) is 0 Å². The minimum Gasteiger partial charge on any atom is -0.482 e. The first kappa shape index (κ1) is 9.03. The van der Waals surface area contributed by atoms with E-state index in [1.165, 1.54) is 18.6 Å². The van der Waals surface area contributed by atoms with Gasteiger partial charge in [-0.2, -0.15) is 0 Å². The Morgan fingerprint density at radius 2 is 2.06 bits per heavy atom. The van der Waals surface area contributed by atoms with Gasteiger partial charge in [-0.25, -0.2) is 0 Å². The van der Waals surface area contributed by atoms with Crippen LogP contribution in [0.15, 0.2) is 51.9 Å². The molecule has 0 fully saturated rings. The molecule has 3 heterocycles. The molecule has 1 aliphatic heterocycles. The van der Waals surface area contributed by atoms with Gasteiger partial charge in [0.15, 0.2) is 5.76 Å². The molecule has 80 valence electrons. The molecule has 0 radical (unpaired) electrons. The van der Waals surface area contributed by atoms with Crippen LogP contribution in [0.4, 0.5) is 0 Å². The second-order valence-corrected chi connectivity index (χ2v) is 3.40. The Labute approximate surface area is 91.1 Å². The fourth-order valence-electron chi connectivity index (χ4n) is 1.69. The first-order chi connectivity index (χ1) is 7.86. The summed E-state index contributed by atoms with van der Waals surface area (Å²) in [7, 11) is 0. The van der Waals surface area contributed by atoms with Crippen LogP contribution in [0.1, 0.15) is 11.9 Å². The second kappa shape index (κ2) is 3.41. The Bertz CT molecular complexity index is 533. The predicted octanol–water partition coefficient (Wildman–Crippen LogP) is 2.69. The van der Waals surface area contributed by atoms with Gasteiger partial charge in [-0.05, 0) is 18.2 Å². The normalized spacial score (nSPS) is 19.0. The standard InChI is InChI=1S/C12H8O4/c13-9-4-7-16-12(9)11-8(3-6-15-11)10-2-1-5-14-10/h1-7,12H. The van der Waals surface area contributed by atoms with Crippen molar-refractivity contribution < 1.29 is 18.4 Å². The van der Waals surface area contributed by atoms with E-state index < -0.39 is 6.10 Å². The van der Waals surface area contributed by atoms with E-state index in [4.69, 9.17) is 13.6 Å². The van der Waals surface area contributed by atoms with Crippen LogP contribution in [0.5, 0.6) is 0 Å². The smallest absolute Gasteiger partial charge is 0.217 e. The summed E-state index contributed by atoms with van der Waals surface area (Å²) >= 11 is 0. The molecular formula is C12H8O4. The third-order valence-electron chi connectivity index (χ3n) is 2.43. The summed E-state index contributed by atoms with van der Waals surface area (Å²) < 4.78 is 15.7. The number of rotatable bonds is 2. The molecule has 1 unspecified atom stereocenters. The highest BCUT2D eigenvalue weighted by Gasteiger charge is 2.30. The zero-order valence-electron chi connectivity index (χ0n) is 8.25. The molecule has 16 heavy (non-hydrogen) atoms. The fraction of sp³-hybridized carbons (Fsp3) is 0.0833. The Morgan fingerprint density at radius 3 is 2.75 bits per heavy atom. The molecular weight excluding hydrogens is 208 g/mol. The van der Waals surface area contributed by atoms with Crippen LogP contribution >= 0.6 is 0 Å². The van der Waals surface area contributed by atoms with Crippen molar-refractivity contribution in [3.63, 3.8) is 0 Å². The summed E-state index contributed by atoms with van der Waals surface area (Å²) in [6.07, 6.45) is 5.17. The lowest BCUT2D eigenvalue weighted by Crippen LogP contribution is -2.06. The van der Waals surface area contributed by atoms with Crippen LogP contribution in [0.2, 0.25) is 0 Å². The number of hydrogen-bond acceptors (Lipinski definition) is 4. The molecule has 4 nitrogen and oxygen atoms in total. The van der Waals surface area contributed by atoms with Crippen LogP contribution in [-0.2, 0) is 9.53 Å². The van der Waals surface area contributed by atoms with Crippen molar-refractivity contribution in [2.45, 2.75) is 6.10 Å². The van der Waals surface area contributed by atoms with E-state index in [1.54, 1.807) is 24.5 Å². The lowest BCUT2D eigenvalue weighted by Gasteiger charge is -2.07. The second-order valence-electron chi connectivity index (χ2n) is 3.40. The maximum absolute atomic E-state index is 11.5. The Kier molecular flexibility index (Phi) is 1.93. The summed E-state index contributed by atoms with van der Waals surface area (Å²) in [5, 5.41) is 0. The summed E-state index contributed by atoms with van der Waals surface area (Å²) in [6, 6.07) is 5.34. The number of furan rings is 2. The SMILES string of the molecule is O=C1C=COC1c1occc1-c1ccco1. The summed E-state index contributed by atoms with van der Waals surface area (Å²) in [5.41, 5.74) is 0.743. The van der Waals surface area contributed by atoms with Gasteiger partial charge >= 0.3 is 0 Å². The zero-order chi connectivity index (χ0) is 11.0. The highest BCUT2D eigenvalue weighted by atomic mass is 16.5. The van der Waals surface area contributed by atoms with Crippen molar-refractivity contribution in [3.05, 3.63) is 48.8 Å². The highest BCUT2D eigenvalue weighted by molar-refractivity contribution is 5.96. The molecule has 0 saturated carbocycles. The topological polar surface area (TPSA) is 52.6 Å². The van der Waals surface area contributed by atoms with Crippen LogP contribution in [0.3, 0.4) is 0 Å². The van der Waals surface area contributed by atoms with Crippen LogP contribution in [0.25, 0.3) is 11.3 Å². The summed E-state index contributed by atoms with van der Waals surface area (Å²) in [6.45, 7) is 0. The lowest BCUT2D eigenvalue weighted by molar-refractivity contribution is -0.121. The molecule has 0 amide bonds. The van der Waals surface area contributed by atoms with Crippen molar-refractivity contribution in [3.8, 4) is 11.3 Å². The van der Waals surface area contributed by atoms with Gasteiger partial charge in [0.1, 0.15) is 5.76 Å². The Hall–Kier alpha value is -2.23. The summed E-state index contributed by atoms with van der Waals surface area (Å²) in [4.78, 5) is 11.5. The molecule has 0 aromatic carbocycles. The van der Waals surface area contributed by atoms with E-state index in [9.17, 15) is 4.79 Å². The molecule has 0 bridgehead atoms. The van der Waals surface area contributed by atoms with Gasteiger partial charge in [0.2, 0.25) is 11.9 Å². The Balaban J connectivity index is 2.03. The quantitative estimate of drug-likeness (QED) is 0.774. The van der Waals surface area contributed by atoms with Gasteiger partial charge in [0.05, 0.1) is 24.4 Å². The monoisotopic (exact) mass is 216 g/mol. The van der Waals surface area contributed by atoms with Crippen molar-refractivity contribution in [1.29, 1.82) is 0 Å². The predicted molar refractivity (Wildman–Crippen MR) is 54.4 cm³/mol. The van der Waals surface area contributed by atoms with Crippen LogP contribution < -0.4 is 0 Å². The first-order valence-corrected chi connectivity index (χ1v) is 4.83. The largest absolute Gasteiger partial charge is 0.482 e. The molecule has 1 aliphatic rings. The van der Waals surface area contributed by atoms with Crippen LogP contribution in [-0.4, -0.2) is 5.78 Å². The van der Waals surface area contributed by atoms with E-state index >= 15 is 0 Å². The van der Waals surface area contributed by atoms with E-state index in [0.717, 1.165) is 5.56 Å². The first-order valence-electron chi connectivity index (χ1n) is 4.83. The molecule has 2 aromatic rings. The van der Waals surface area contributed by atoms with Crippen molar-refractivity contribution in [2.75, 3.05) is 0 Å². The third kappa shape index (κ3) is 1.27. The average Bonchev–Trinajstić information content (AvgIpc) is 2.95. The molecule has 0 aliphatic carbocycles. The molecule has 0 saturated heterocycles. The number of carbonyl (C=O) groups excluding carboxylic acids is 1. The molecule has 3 rings (SSSR count). The zero-order valence-corrected chi connectivity index (χ0v) is 8.25. The fourth-order valence-corrected chi connectivity index (χ4v) is 1.69. The van der Waals surface area contributed by atoms with Gasteiger partial charge in [-0.15, -0.1) is 0 Å².